The Labute approximate surface area is 151 Å². The number of benzene rings is 2. The van der Waals surface area contributed by atoms with Crippen molar-refractivity contribution in [1.29, 1.82) is 0 Å². The number of carbonyl (C=O) groups is 1. The average molecular weight is 349 g/mol. The van der Waals surface area contributed by atoms with E-state index in [2.05, 4.69) is 10.3 Å². The third-order valence-electron chi connectivity index (χ3n) is 4.67. The van der Waals surface area contributed by atoms with E-state index in [0.29, 0.717) is 11.5 Å². The maximum Gasteiger partial charge on any atom is 0.337 e. The summed E-state index contributed by atoms with van der Waals surface area (Å²) in [5.74, 6) is 1.11. The van der Waals surface area contributed by atoms with Gasteiger partial charge in [0, 0.05) is 5.70 Å². The number of hydrogen-bond acceptors (Lipinski definition) is 5. The van der Waals surface area contributed by atoms with E-state index in [-0.39, 0.29) is 12.0 Å². The van der Waals surface area contributed by atoms with Gasteiger partial charge in [0.15, 0.2) is 0 Å². The topological polar surface area (TPSA) is 65.4 Å². The van der Waals surface area contributed by atoms with Crippen LogP contribution < -0.4 is 10.1 Å². The second-order valence-electron chi connectivity index (χ2n) is 6.13. The van der Waals surface area contributed by atoms with Gasteiger partial charge in [0.25, 0.3) is 0 Å². The monoisotopic (exact) mass is 349 g/mol. The van der Waals surface area contributed by atoms with E-state index in [1.54, 1.807) is 7.11 Å². The molecule has 6 heteroatoms. The molecule has 0 saturated heterocycles. The number of esters is 1. The number of ether oxygens (including phenoxy) is 2. The van der Waals surface area contributed by atoms with Crippen LogP contribution >= 0.6 is 0 Å². The molecule has 0 spiro atoms. The third-order valence-corrected chi connectivity index (χ3v) is 4.67. The molecule has 0 fully saturated rings. The van der Waals surface area contributed by atoms with Crippen molar-refractivity contribution in [2.75, 3.05) is 19.5 Å². The minimum absolute atomic E-state index is 0.336. The van der Waals surface area contributed by atoms with Crippen LogP contribution in [-0.2, 0) is 9.53 Å². The van der Waals surface area contributed by atoms with Crippen molar-refractivity contribution in [3.05, 3.63) is 65.4 Å². The van der Waals surface area contributed by atoms with Gasteiger partial charge in [-0.1, -0.05) is 24.3 Å². The van der Waals surface area contributed by atoms with Crippen molar-refractivity contribution < 1.29 is 14.3 Å². The minimum atomic E-state index is -0.362. The largest absolute Gasteiger partial charge is 0.497 e. The second-order valence-corrected chi connectivity index (χ2v) is 6.13. The van der Waals surface area contributed by atoms with E-state index in [4.69, 9.17) is 9.47 Å². The highest BCUT2D eigenvalue weighted by Gasteiger charge is 2.34. The molecule has 1 aliphatic rings. The molecule has 2 heterocycles. The van der Waals surface area contributed by atoms with Crippen molar-refractivity contribution in [2.45, 2.75) is 13.0 Å². The van der Waals surface area contributed by atoms with Gasteiger partial charge >= 0.3 is 5.97 Å². The van der Waals surface area contributed by atoms with Crippen molar-refractivity contribution in [1.82, 2.24) is 9.55 Å². The van der Waals surface area contributed by atoms with Crippen LogP contribution in [0, 0.1) is 0 Å². The molecular weight excluding hydrogens is 330 g/mol. The lowest BCUT2D eigenvalue weighted by molar-refractivity contribution is -0.136. The number of nitrogens with one attached hydrogen (secondary N) is 1. The SMILES string of the molecule is COC(=O)C1=C(C)Nc2nc3ccccc3n2C1c1ccc(OC)cc1. The summed E-state index contributed by atoms with van der Waals surface area (Å²) in [6, 6.07) is 15.2. The van der Waals surface area contributed by atoms with E-state index < -0.39 is 0 Å². The van der Waals surface area contributed by atoms with Crippen molar-refractivity contribution in [2.24, 2.45) is 0 Å². The van der Waals surface area contributed by atoms with Gasteiger partial charge in [-0.05, 0) is 36.8 Å². The van der Waals surface area contributed by atoms with Crippen LogP contribution in [-0.4, -0.2) is 29.7 Å². The molecule has 0 bridgehead atoms. The molecule has 1 N–H and O–H groups in total. The fraction of sp³-hybridized carbons (Fsp3) is 0.200. The van der Waals surface area contributed by atoms with Gasteiger partial charge in [-0.2, -0.15) is 0 Å². The van der Waals surface area contributed by atoms with Crippen LogP contribution in [0.2, 0.25) is 0 Å². The van der Waals surface area contributed by atoms with Gasteiger partial charge in [0.05, 0.1) is 36.9 Å². The molecule has 1 aromatic heterocycles. The number of hydrogen-bond donors (Lipinski definition) is 1. The standard InChI is InChI=1S/C20H19N3O3/c1-12-17(19(24)26-3)18(13-8-10-14(25-2)11-9-13)23-16-7-5-4-6-15(16)22-20(23)21-12/h4-11,18H,1-3H3,(H,21,22). The maximum absolute atomic E-state index is 12.6. The first-order valence-electron chi connectivity index (χ1n) is 8.31. The van der Waals surface area contributed by atoms with Crippen LogP contribution in [0.4, 0.5) is 5.95 Å². The van der Waals surface area contributed by atoms with Crippen LogP contribution in [0.5, 0.6) is 5.75 Å². The highest BCUT2D eigenvalue weighted by molar-refractivity contribution is 5.94. The lowest BCUT2D eigenvalue weighted by Crippen LogP contribution is -2.28. The lowest BCUT2D eigenvalue weighted by atomic mass is 9.95. The summed E-state index contributed by atoms with van der Waals surface area (Å²) in [6.07, 6.45) is 0. The molecule has 1 atom stereocenters. The Balaban J connectivity index is 1.97. The van der Waals surface area contributed by atoms with Crippen LogP contribution in [0.25, 0.3) is 11.0 Å². The number of imidazole rings is 1. The molecule has 132 valence electrons. The zero-order valence-electron chi connectivity index (χ0n) is 14.8. The Hall–Kier alpha value is -3.28. The zero-order valence-corrected chi connectivity index (χ0v) is 14.8. The number of methoxy groups -OCH3 is 2. The molecule has 3 aromatic rings. The molecule has 0 saturated carbocycles. The minimum Gasteiger partial charge on any atom is -0.497 e. The van der Waals surface area contributed by atoms with Gasteiger partial charge in [0.2, 0.25) is 5.95 Å². The first-order chi connectivity index (χ1) is 12.6. The number of nitrogens with zero attached hydrogens (tertiary/aromatic N) is 2. The highest BCUT2D eigenvalue weighted by atomic mass is 16.5. The quantitative estimate of drug-likeness (QED) is 0.733. The first kappa shape index (κ1) is 16.2. The van der Waals surface area contributed by atoms with Crippen LogP contribution in [0.3, 0.4) is 0 Å². The smallest absolute Gasteiger partial charge is 0.337 e. The Morgan fingerprint density at radius 3 is 2.54 bits per heavy atom. The number of allylic oxidation sites excluding steroid dienone is 1. The number of carbonyl (C=O) groups excluding carboxylic acids is 1. The second kappa shape index (κ2) is 6.22. The Bertz CT molecular complexity index is 1020. The molecule has 4 rings (SSSR count). The van der Waals surface area contributed by atoms with Crippen molar-refractivity contribution in [3.8, 4) is 5.75 Å². The predicted molar refractivity (Wildman–Crippen MR) is 99.2 cm³/mol. The van der Waals surface area contributed by atoms with Crippen LogP contribution in [0.15, 0.2) is 59.8 Å². The Kier molecular flexibility index (Phi) is 3.88. The summed E-state index contributed by atoms with van der Waals surface area (Å²) in [4.78, 5) is 17.2. The molecule has 26 heavy (non-hydrogen) atoms. The van der Waals surface area contributed by atoms with Gasteiger partial charge in [0.1, 0.15) is 5.75 Å². The lowest BCUT2D eigenvalue weighted by Gasteiger charge is -2.30. The normalized spacial score (nSPS) is 16.2. The summed E-state index contributed by atoms with van der Waals surface area (Å²) in [5, 5.41) is 3.24. The van der Waals surface area contributed by atoms with E-state index in [9.17, 15) is 4.79 Å². The maximum atomic E-state index is 12.6. The third kappa shape index (κ3) is 2.42. The molecule has 2 aromatic carbocycles. The van der Waals surface area contributed by atoms with Gasteiger partial charge < -0.3 is 14.8 Å². The summed E-state index contributed by atoms with van der Waals surface area (Å²) < 4.78 is 12.4. The Morgan fingerprint density at radius 2 is 1.85 bits per heavy atom. The zero-order chi connectivity index (χ0) is 18.3. The van der Waals surface area contributed by atoms with E-state index in [1.165, 1.54) is 7.11 Å². The number of aromatic nitrogens is 2. The summed E-state index contributed by atoms with van der Waals surface area (Å²) in [6.45, 7) is 1.87. The Morgan fingerprint density at radius 1 is 1.12 bits per heavy atom. The molecule has 1 unspecified atom stereocenters. The number of rotatable bonds is 3. The number of para-hydroxylation sites is 2. The predicted octanol–water partition coefficient (Wildman–Crippen LogP) is 3.51. The van der Waals surface area contributed by atoms with Gasteiger partial charge in [-0.25, -0.2) is 9.78 Å². The van der Waals surface area contributed by atoms with Crippen LogP contribution in [0.1, 0.15) is 18.5 Å². The summed E-state index contributed by atoms with van der Waals surface area (Å²) >= 11 is 0. The van der Waals surface area contributed by atoms with E-state index >= 15 is 0 Å². The van der Waals surface area contributed by atoms with Gasteiger partial charge in [-0.15, -0.1) is 0 Å². The van der Waals surface area contributed by atoms with Crippen molar-refractivity contribution >= 4 is 23.0 Å². The summed E-state index contributed by atoms with van der Waals surface area (Å²) in [5.41, 5.74) is 4.07. The number of fused-ring (bicyclic) bond motifs is 3. The molecular formula is C20H19N3O3. The summed E-state index contributed by atoms with van der Waals surface area (Å²) in [7, 11) is 3.03. The highest BCUT2D eigenvalue weighted by Crippen LogP contribution is 2.39. The van der Waals surface area contributed by atoms with E-state index in [0.717, 1.165) is 28.0 Å². The fourth-order valence-electron chi connectivity index (χ4n) is 3.44. The fourth-order valence-corrected chi connectivity index (χ4v) is 3.44. The molecule has 0 amide bonds. The van der Waals surface area contributed by atoms with Gasteiger partial charge in [-0.3, -0.25) is 4.57 Å². The molecule has 0 radical (unpaired) electrons. The molecule has 0 aliphatic carbocycles. The van der Waals surface area contributed by atoms with E-state index in [1.807, 2.05) is 60.0 Å². The number of anilines is 1. The molecule has 1 aliphatic heterocycles. The average Bonchev–Trinajstić information content (AvgIpc) is 3.04. The van der Waals surface area contributed by atoms with Crippen molar-refractivity contribution in [3.63, 3.8) is 0 Å². The first-order valence-corrected chi connectivity index (χ1v) is 8.31. The molecule has 6 nitrogen and oxygen atoms in total.